The van der Waals surface area contributed by atoms with Gasteiger partial charge in [0.15, 0.2) is 4.67 Å². The molecule has 0 aliphatic heterocycles. The molecule has 0 radical (unpaired) electrons. The number of nitrogens with zero attached hydrogens (tertiary/aromatic N) is 1. The summed E-state index contributed by atoms with van der Waals surface area (Å²) in [7, 11) is 0. The molecule has 2 aromatic rings. The third-order valence-electron chi connectivity index (χ3n) is 1.97. The molecule has 0 saturated carbocycles. The van der Waals surface area contributed by atoms with Crippen LogP contribution in [0.25, 0.3) is 0 Å². The second-order valence-electron chi connectivity index (χ2n) is 3.30. The Kier molecular flexibility index (Phi) is 4.18. The fourth-order valence-electron chi connectivity index (χ4n) is 1.28. The molecule has 0 unspecified atom stereocenters. The van der Waals surface area contributed by atoms with E-state index >= 15 is 0 Å². The van der Waals surface area contributed by atoms with E-state index < -0.39 is 0 Å². The molecule has 0 aromatic carbocycles. The van der Waals surface area contributed by atoms with Crippen molar-refractivity contribution in [2.45, 2.75) is 20.0 Å². The maximum Gasteiger partial charge on any atom is 0.183 e. The van der Waals surface area contributed by atoms with E-state index in [1.807, 2.05) is 13.0 Å². The zero-order valence-electron chi connectivity index (χ0n) is 8.59. The molecule has 0 aliphatic carbocycles. The van der Waals surface area contributed by atoms with Crippen molar-refractivity contribution in [1.29, 1.82) is 0 Å². The Morgan fingerprint density at radius 1 is 1.44 bits per heavy atom. The van der Waals surface area contributed by atoms with E-state index in [2.05, 4.69) is 47.5 Å². The average Bonchev–Trinajstić information content (AvgIpc) is 2.75. The molecule has 16 heavy (non-hydrogen) atoms. The van der Waals surface area contributed by atoms with Crippen LogP contribution in [0.15, 0.2) is 25.0 Å². The van der Waals surface area contributed by atoms with Gasteiger partial charge >= 0.3 is 0 Å². The van der Waals surface area contributed by atoms with Gasteiger partial charge in [-0.3, -0.25) is 0 Å². The Balaban J connectivity index is 1.84. The molecule has 2 aromatic heterocycles. The number of halogens is 2. The SMILES string of the molecule is Cc1nc(CNCc2cc(Br)c(Br)o2)cs1. The van der Waals surface area contributed by atoms with Crippen LogP contribution in [0.1, 0.15) is 16.5 Å². The fraction of sp³-hybridized carbons (Fsp3) is 0.300. The van der Waals surface area contributed by atoms with Crippen molar-refractivity contribution in [3.05, 3.63) is 37.1 Å². The molecule has 0 amide bonds. The number of rotatable bonds is 4. The molecule has 86 valence electrons. The van der Waals surface area contributed by atoms with E-state index in [1.165, 1.54) is 0 Å². The molecule has 2 rings (SSSR count). The van der Waals surface area contributed by atoms with Crippen molar-refractivity contribution in [3.63, 3.8) is 0 Å². The zero-order chi connectivity index (χ0) is 11.5. The highest BCUT2D eigenvalue weighted by molar-refractivity contribution is 9.13. The molecule has 6 heteroatoms. The highest BCUT2D eigenvalue weighted by Gasteiger charge is 2.05. The van der Waals surface area contributed by atoms with Gasteiger partial charge in [0.25, 0.3) is 0 Å². The maximum absolute atomic E-state index is 5.45. The highest BCUT2D eigenvalue weighted by Crippen LogP contribution is 2.26. The molecule has 0 fully saturated rings. The topological polar surface area (TPSA) is 38.1 Å². The first-order valence-electron chi connectivity index (χ1n) is 4.70. The Morgan fingerprint density at radius 3 is 2.81 bits per heavy atom. The van der Waals surface area contributed by atoms with Crippen molar-refractivity contribution in [1.82, 2.24) is 10.3 Å². The van der Waals surface area contributed by atoms with Gasteiger partial charge in [0.05, 0.1) is 21.7 Å². The second kappa shape index (κ2) is 5.44. The number of nitrogens with one attached hydrogen (secondary N) is 1. The van der Waals surface area contributed by atoms with E-state index in [1.54, 1.807) is 11.3 Å². The minimum absolute atomic E-state index is 0.695. The smallest absolute Gasteiger partial charge is 0.183 e. The Morgan fingerprint density at radius 2 is 2.25 bits per heavy atom. The summed E-state index contributed by atoms with van der Waals surface area (Å²) in [6.07, 6.45) is 0. The van der Waals surface area contributed by atoms with E-state index in [0.29, 0.717) is 6.54 Å². The van der Waals surface area contributed by atoms with Gasteiger partial charge in [-0.1, -0.05) is 0 Å². The van der Waals surface area contributed by atoms with Crippen LogP contribution >= 0.6 is 43.2 Å². The van der Waals surface area contributed by atoms with Crippen LogP contribution in [0.2, 0.25) is 0 Å². The van der Waals surface area contributed by atoms with Crippen molar-refractivity contribution in [2.75, 3.05) is 0 Å². The number of hydrogen-bond acceptors (Lipinski definition) is 4. The lowest BCUT2D eigenvalue weighted by Gasteiger charge is -1.98. The number of hydrogen-bond donors (Lipinski definition) is 1. The number of aryl methyl sites for hydroxylation is 1. The largest absolute Gasteiger partial charge is 0.452 e. The standard InChI is InChI=1S/C10H10Br2N2OS/c1-6-14-7(5-16-6)3-13-4-8-2-9(11)10(12)15-8/h2,5,13H,3-4H2,1H3. The van der Waals surface area contributed by atoms with Crippen molar-refractivity contribution in [3.8, 4) is 0 Å². The minimum atomic E-state index is 0.695. The van der Waals surface area contributed by atoms with Crippen LogP contribution in [0.3, 0.4) is 0 Å². The quantitative estimate of drug-likeness (QED) is 0.893. The lowest BCUT2D eigenvalue weighted by molar-refractivity contribution is 0.463. The predicted molar refractivity (Wildman–Crippen MR) is 71.5 cm³/mol. The number of aromatic nitrogens is 1. The number of furan rings is 1. The summed E-state index contributed by atoms with van der Waals surface area (Å²) in [5, 5.41) is 6.44. The van der Waals surface area contributed by atoms with Gasteiger partial charge < -0.3 is 9.73 Å². The van der Waals surface area contributed by atoms with Crippen LogP contribution in [-0.2, 0) is 13.1 Å². The van der Waals surface area contributed by atoms with Gasteiger partial charge in [-0.15, -0.1) is 11.3 Å². The van der Waals surface area contributed by atoms with Gasteiger partial charge in [-0.2, -0.15) is 0 Å². The zero-order valence-corrected chi connectivity index (χ0v) is 12.6. The molecular weight excluding hydrogens is 356 g/mol. The summed E-state index contributed by atoms with van der Waals surface area (Å²) < 4.78 is 7.12. The first kappa shape index (κ1) is 12.3. The minimum Gasteiger partial charge on any atom is -0.452 e. The Labute approximate surface area is 115 Å². The van der Waals surface area contributed by atoms with E-state index in [9.17, 15) is 0 Å². The number of thiazole rings is 1. The Bertz CT molecular complexity index is 461. The molecular formula is C10H10Br2N2OS. The maximum atomic E-state index is 5.45. The van der Waals surface area contributed by atoms with Gasteiger partial charge in [-0.05, 0) is 44.8 Å². The lowest BCUT2D eigenvalue weighted by Crippen LogP contribution is -2.12. The molecule has 2 heterocycles. The summed E-state index contributed by atoms with van der Waals surface area (Å²) in [5.41, 5.74) is 1.08. The summed E-state index contributed by atoms with van der Waals surface area (Å²) in [5.74, 6) is 0.894. The van der Waals surface area contributed by atoms with Crippen LogP contribution in [0.5, 0.6) is 0 Å². The Hall–Kier alpha value is -0.170. The summed E-state index contributed by atoms with van der Waals surface area (Å²) in [6, 6.07) is 1.95. The van der Waals surface area contributed by atoms with E-state index in [4.69, 9.17) is 4.42 Å². The van der Waals surface area contributed by atoms with Crippen LogP contribution in [0.4, 0.5) is 0 Å². The van der Waals surface area contributed by atoms with E-state index in [0.717, 1.165) is 32.1 Å². The van der Waals surface area contributed by atoms with Crippen molar-refractivity contribution >= 4 is 43.2 Å². The normalized spacial score (nSPS) is 10.9. The third kappa shape index (κ3) is 3.16. The molecule has 1 N–H and O–H groups in total. The van der Waals surface area contributed by atoms with Crippen LogP contribution < -0.4 is 5.32 Å². The first-order chi connectivity index (χ1) is 7.65. The van der Waals surface area contributed by atoms with Crippen molar-refractivity contribution < 1.29 is 4.42 Å². The lowest BCUT2D eigenvalue weighted by atomic mass is 10.4. The summed E-state index contributed by atoms with van der Waals surface area (Å²) in [6.45, 7) is 3.47. The molecule has 0 bridgehead atoms. The molecule has 3 nitrogen and oxygen atoms in total. The summed E-state index contributed by atoms with van der Waals surface area (Å²) >= 11 is 8.35. The van der Waals surface area contributed by atoms with Gasteiger partial charge in [0.2, 0.25) is 0 Å². The van der Waals surface area contributed by atoms with Gasteiger partial charge in [0.1, 0.15) is 5.76 Å². The third-order valence-corrected chi connectivity index (χ3v) is 4.50. The monoisotopic (exact) mass is 364 g/mol. The summed E-state index contributed by atoms with van der Waals surface area (Å²) in [4.78, 5) is 4.37. The van der Waals surface area contributed by atoms with Crippen molar-refractivity contribution in [2.24, 2.45) is 0 Å². The van der Waals surface area contributed by atoms with Gasteiger partial charge in [-0.25, -0.2) is 4.98 Å². The molecule has 0 spiro atoms. The molecule has 0 atom stereocenters. The molecule has 0 saturated heterocycles. The first-order valence-corrected chi connectivity index (χ1v) is 7.17. The van der Waals surface area contributed by atoms with Gasteiger partial charge in [0, 0.05) is 11.9 Å². The predicted octanol–water partition coefficient (Wildman–Crippen LogP) is 3.86. The highest BCUT2D eigenvalue weighted by atomic mass is 79.9. The van der Waals surface area contributed by atoms with Crippen LogP contribution in [0, 0.1) is 6.92 Å². The fourth-order valence-corrected chi connectivity index (χ4v) is 2.55. The molecule has 0 aliphatic rings. The van der Waals surface area contributed by atoms with Crippen LogP contribution in [-0.4, -0.2) is 4.98 Å². The van der Waals surface area contributed by atoms with E-state index in [-0.39, 0.29) is 0 Å². The average molecular weight is 366 g/mol. The second-order valence-corrected chi connectivity index (χ2v) is 5.93.